The molecule has 0 radical (unpaired) electrons. The second-order valence-corrected chi connectivity index (χ2v) is 5.66. The first-order chi connectivity index (χ1) is 10.2. The van der Waals surface area contributed by atoms with Crippen LogP contribution >= 0.6 is 0 Å². The Morgan fingerprint density at radius 1 is 1.27 bits per heavy atom. The van der Waals surface area contributed by atoms with Crippen molar-refractivity contribution in [1.29, 1.82) is 0 Å². The van der Waals surface area contributed by atoms with Gasteiger partial charge in [0, 0.05) is 38.9 Å². The van der Waals surface area contributed by atoms with Crippen molar-refractivity contribution in [3.05, 3.63) is 36.4 Å². The number of nitrogens with two attached hydrogens (primary N) is 1. The zero-order valence-electron chi connectivity index (χ0n) is 13.1. The first kappa shape index (κ1) is 15.7. The number of carbonyl (C=O) groups is 2. The molecule has 8 nitrogen and oxygen atoms in total. The molecule has 0 aliphatic heterocycles. The van der Waals surface area contributed by atoms with Gasteiger partial charge in [0.05, 0.1) is 6.54 Å². The summed E-state index contributed by atoms with van der Waals surface area (Å²) >= 11 is 0. The van der Waals surface area contributed by atoms with Gasteiger partial charge in [0.15, 0.2) is 5.82 Å². The van der Waals surface area contributed by atoms with Gasteiger partial charge in [-0.15, -0.1) is 0 Å². The molecule has 2 N–H and O–H groups in total. The van der Waals surface area contributed by atoms with Gasteiger partial charge >= 0.3 is 0 Å². The smallest absolute Gasteiger partial charge is 0.284 e. The molecule has 0 fully saturated rings. The average Bonchev–Trinajstić information content (AvgIpc) is 3.07. The maximum absolute atomic E-state index is 12.8. The molecule has 0 unspecified atom stereocenters. The molecule has 22 heavy (non-hydrogen) atoms. The van der Waals surface area contributed by atoms with Crippen molar-refractivity contribution in [3.63, 3.8) is 0 Å². The van der Waals surface area contributed by atoms with Gasteiger partial charge in [-0.05, 0) is 13.8 Å². The van der Waals surface area contributed by atoms with Crippen LogP contribution in [-0.4, -0.2) is 42.9 Å². The van der Waals surface area contributed by atoms with E-state index in [1.54, 1.807) is 38.2 Å². The topological polar surface area (TPSA) is 99.0 Å². The lowest BCUT2D eigenvalue weighted by molar-refractivity contribution is -0.138. The number of aromatic nitrogens is 4. The highest BCUT2D eigenvalue weighted by Gasteiger charge is 2.35. The Bertz CT molecular complexity index is 700. The fraction of sp³-hybridized carbons (Fsp3) is 0.429. The van der Waals surface area contributed by atoms with E-state index in [2.05, 4.69) is 9.97 Å². The van der Waals surface area contributed by atoms with Crippen LogP contribution in [0.2, 0.25) is 0 Å². The Morgan fingerprint density at radius 3 is 2.45 bits per heavy atom. The summed E-state index contributed by atoms with van der Waals surface area (Å²) < 4.78 is 3.34. The summed E-state index contributed by atoms with van der Waals surface area (Å²) in [5, 5.41) is 0. The van der Waals surface area contributed by atoms with Crippen molar-refractivity contribution in [2.24, 2.45) is 12.8 Å². The van der Waals surface area contributed by atoms with Crippen LogP contribution in [0, 0.1) is 0 Å². The van der Waals surface area contributed by atoms with Crippen LogP contribution < -0.4 is 5.73 Å². The van der Waals surface area contributed by atoms with E-state index in [1.807, 2.05) is 17.8 Å². The molecular formula is C14H20N6O2. The summed E-state index contributed by atoms with van der Waals surface area (Å²) in [5.41, 5.74) is 4.32. The van der Waals surface area contributed by atoms with Crippen LogP contribution in [0.15, 0.2) is 24.8 Å². The second-order valence-electron chi connectivity index (χ2n) is 5.66. The van der Waals surface area contributed by atoms with E-state index < -0.39 is 11.4 Å². The van der Waals surface area contributed by atoms with Crippen molar-refractivity contribution >= 4 is 11.8 Å². The molecule has 2 rings (SSSR count). The molecule has 0 spiro atoms. The zero-order valence-corrected chi connectivity index (χ0v) is 13.1. The number of likely N-dealkylation sites (N-methyl/N-ethyl adjacent to an activating group) is 1. The highest BCUT2D eigenvalue weighted by Crippen LogP contribution is 2.20. The number of carbonyl (C=O) groups excluding carboxylic acids is 2. The summed E-state index contributed by atoms with van der Waals surface area (Å²) in [6.07, 6.45) is 6.53. The number of rotatable bonds is 5. The number of primary amides is 1. The summed E-state index contributed by atoms with van der Waals surface area (Å²) in [4.78, 5) is 33.9. The van der Waals surface area contributed by atoms with Crippen LogP contribution in [-0.2, 0) is 23.9 Å². The van der Waals surface area contributed by atoms with Crippen LogP contribution in [0.25, 0.3) is 0 Å². The number of imidazole rings is 2. The molecule has 0 saturated carbocycles. The molecule has 8 heteroatoms. The normalized spacial score (nSPS) is 11.5. The Balaban J connectivity index is 2.24. The van der Waals surface area contributed by atoms with Crippen molar-refractivity contribution in [2.75, 3.05) is 7.05 Å². The molecule has 0 bridgehead atoms. The summed E-state index contributed by atoms with van der Waals surface area (Å²) in [5.74, 6) is -0.00947. The zero-order chi connectivity index (χ0) is 16.5. The van der Waals surface area contributed by atoms with Gasteiger partial charge in [0.1, 0.15) is 11.4 Å². The number of aryl methyl sites for hydroxylation is 1. The fourth-order valence-electron chi connectivity index (χ4n) is 2.34. The maximum atomic E-state index is 12.8. The van der Waals surface area contributed by atoms with Gasteiger partial charge < -0.3 is 19.8 Å². The van der Waals surface area contributed by atoms with Crippen molar-refractivity contribution in [2.45, 2.75) is 25.9 Å². The van der Waals surface area contributed by atoms with Crippen molar-refractivity contribution < 1.29 is 9.59 Å². The van der Waals surface area contributed by atoms with Crippen LogP contribution in [0.4, 0.5) is 0 Å². The van der Waals surface area contributed by atoms with E-state index in [4.69, 9.17) is 5.73 Å². The standard InChI is InChI=1S/C14H20N6O2/c1-14(2,20-8-6-17-12(20)11(15)21)13(22)19(4)9-10-16-5-7-18(10)3/h5-8H,9H2,1-4H3,(H2,15,21). The van der Waals surface area contributed by atoms with Gasteiger partial charge in [0.25, 0.3) is 5.91 Å². The molecule has 118 valence electrons. The quantitative estimate of drug-likeness (QED) is 0.847. The van der Waals surface area contributed by atoms with Crippen LogP contribution in [0.1, 0.15) is 30.3 Å². The molecule has 0 aliphatic rings. The molecule has 2 aromatic rings. The molecule has 2 aromatic heterocycles. The third-order valence-electron chi connectivity index (χ3n) is 3.63. The molecule has 0 atom stereocenters. The van der Waals surface area contributed by atoms with Gasteiger partial charge in [0.2, 0.25) is 5.91 Å². The number of hydrogen-bond donors (Lipinski definition) is 1. The lowest BCUT2D eigenvalue weighted by Crippen LogP contribution is -2.46. The predicted octanol–water partition coefficient (Wildman–Crippen LogP) is 0.109. The number of nitrogens with zero attached hydrogens (tertiary/aromatic N) is 5. The second kappa shape index (κ2) is 5.63. The minimum Gasteiger partial charge on any atom is -0.363 e. The summed E-state index contributed by atoms with van der Waals surface area (Å²) in [7, 11) is 3.56. The first-order valence-corrected chi connectivity index (χ1v) is 6.80. The third kappa shape index (κ3) is 2.72. The average molecular weight is 304 g/mol. The van der Waals surface area contributed by atoms with Gasteiger partial charge in [-0.2, -0.15) is 0 Å². The number of hydrogen-bond acceptors (Lipinski definition) is 4. The van der Waals surface area contributed by atoms with Gasteiger partial charge in [-0.25, -0.2) is 9.97 Å². The maximum Gasteiger partial charge on any atom is 0.284 e. The van der Waals surface area contributed by atoms with Crippen molar-refractivity contribution in [3.8, 4) is 0 Å². The lowest BCUT2D eigenvalue weighted by Gasteiger charge is -2.31. The Hall–Kier alpha value is -2.64. The van der Waals surface area contributed by atoms with Crippen LogP contribution in [0.5, 0.6) is 0 Å². The Labute approximate surface area is 128 Å². The minimum atomic E-state index is -0.985. The van der Waals surface area contributed by atoms with Crippen molar-refractivity contribution in [1.82, 2.24) is 24.0 Å². The summed E-state index contributed by atoms with van der Waals surface area (Å²) in [6, 6.07) is 0. The van der Waals surface area contributed by atoms with E-state index in [-0.39, 0.29) is 11.7 Å². The monoisotopic (exact) mass is 304 g/mol. The molecular weight excluding hydrogens is 284 g/mol. The highest BCUT2D eigenvalue weighted by atomic mass is 16.2. The highest BCUT2D eigenvalue weighted by molar-refractivity contribution is 5.91. The van der Waals surface area contributed by atoms with E-state index in [0.717, 1.165) is 5.82 Å². The van der Waals surface area contributed by atoms with E-state index in [0.29, 0.717) is 6.54 Å². The lowest BCUT2D eigenvalue weighted by atomic mass is 10.0. The Morgan fingerprint density at radius 2 is 1.91 bits per heavy atom. The fourth-order valence-corrected chi connectivity index (χ4v) is 2.34. The molecule has 0 aromatic carbocycles. The molecule has 2 amide bonds. The van der Waals surface area contributed by atoms with Gasteiger partial charge in [-0.3, -0.25) is 9.59 Å². The summed E-state index contributed by atoms with van der Waals surface area (Å²) in [6.45, 7) is 3.81. The SMILES string of the molecule is CN(Cc1nccn1C)C(=O)C(C)(C)n1ccnc1C(N)=O. The molecule has 0 saturated heterocycles. The first-order valence-electron chi connectivity index (χ1n) is 6.80. The van der Waals surface area contributed by atoms with Crippen LogP contribution in [0.3, 0.4) is 0 Å². The largest absolute Gasteiger partial charge is 0.363 e. The minimum absolute atomic E-state index is 0.0590. The van der Waals surface area contributed by atoms with E-state index >= 15 is 0 Å². The third-order valence-corrected chi connectivity index (χ3v) is 3.63. The predicted molar refractivity (Wildman–Crippen MR) is 79.7 cm³/mol. The van der Waals surface area contributed by atoms with E-state index in [9.17, 15) is 9.59 Å². The van der Waals surface area contributed by atoms with Gasteiger partial charge in [-0.1, -0.05) is 0 Å². The van der Waals surface area contributed by atoms with E-state index in [1.165, 1.54) is 10.8 Å². The Kier molecular flexibility index (Phi) is 4.03. The molecule has 0 aliphatic carbocycles. The molecule has 2 heterocycles. The number of amides is 2.